The molecule has 0 saturated carbocycles. The molecule has 3 atom stereocenters. The molecule has 1 amide bonds. The van der Waals surface area contributed by atoms with Crippen molar-refractivity contribution in [2.75, 3.05) is 25.5 Å². The number of ether oxygens (including phenoxy) is 1. The number of likely N-dealkylation sites (tertiary alicyclic amines) is 1. The lowest BCUT2D eigenvalue weighted by Crippen LogP contribution is -2.48. The number of aromatic nitrogens is 3. The molecule has 1 N–H and O–H groups in total. The van der Waals surface area contributed by atoms with Gasteiger partial charge in [-0.25, -0.2) is 13.5 Å². The SMILES string of the molecule is COc1ccc(C(=O)N2CCCC([C@@H]3C[C@H](C(F)F)n4ncnc4N3)C2)s1. The quantitative estimate of drug-likeness (QED) is 0.859. The van der Waals surface area contributed by atoms with Crippen LogP contribution in [-0.2, 0) is 0 Å². The number of fused-ring (bicyclic) bond motifs is 1. The Morgan fingerprint density at radius 1 is 1.44 bits per heavy atom. The van der Waals surface area contributed by atoms with Gasteiger partial charge in [0.15, 0.2) is 5.06 Å². The van der Waals surface area contributed by atoms with Gasteiger partial charge in [0.25, 0.3) is 12.3 Å². The third-order valence-corrected chi connectivity index (χ3v) is 6.33. The predicted molar refractivity (Wildman–Crippen MR) is 96.6 cm³/mol. The summed E-state index contributed by atoms with van der Waals surface area (Å²) in [6.45, 7) is 1.22. The monoisotopic (exact) mass is 397 g/mol. The summed E-state index contributed by atoms with van der Waals surface area (Å²) in [5.74, 6) is 0.441. The molecule has 2 aliphatic rings. The van der Waals surface area contributed by atoms with E-state index < -0.39 is 12.5 Å². The number of methoxy groups -OCH3 is 1. The van der Waals surface area contributed by atoms with E-state index in [0.29, 0.717) is 29.0 Å². The van der Waals surface area contributed by atoms with Crippen LogP contribution in [-0.4, -0.2) is 58.2 Å². The van der Waals surface area contributed by atoms with Gasteiger partial charge >= 0.3 is 0 Å². The van der Waals surface area contributed by atoms with Crippen molar-refractivity contribution in [1.82, 2.24) is 19.7 Å². The van der Waals surface area contributed by atoms with Crippen LogP contribution in [0.15, 0.2) is 18.5 Å². The van der Waals surface area contributed by atoms with Crippen molar-refractivity contribution in [3.63, 3.8) is 0 Å². The maximum Gasteiger partial charge on any atom is 0.264 e. The van der Waals surface area contributed by atoms with Crippen LogP contribution in [0.5, 0.6) is 5.06 Å². The van der Waals surface area contributed by atoms with Crippen LogP contribution in [0.25, 0.3) is 0 Å². The molecule has 2 aliphatic heterocycles. The molecule has 1 saturated heterocycles. The summed E-state index contributed by atoms with van der Waals surface area (Å²) < 4.78 is 33.4. The zero-order valence-corrected chi connectivity index (χ0v) is 15.7. The fourth-order valence-electron chi connectivity index (χ4n) is 3.92. The molecule has 0 bridgehead atoms. The van der Waals surface area contributed by atoms with Gasteiger partial charge in [-0.3, -0.25) is 4.79 Å². The highest BCUT2D eigenvalue weighted by atomic mass is 32.1. The van der Waals surface area contributed by atoms with E-state index in [2.05, 4.69) is 15.4 Å². The van der Waals surface area contributed by atoms with E-state index in [1.165, 1.54) is 22.3 Å². The summed E-state index contributed by atoms with van der Waals surface area (Å²) >= 11 is 1.32. The molecule has 27 heavy (non-hydrogen) atoms. The van der Waals surface area contributed by atoms with E-state index >= 15 is 0 Å². The summed E-state index contributed by atoms with van der Waals surface area (Å²) in [5.41, 5.74) is 0. The van der Waals surface area contributed by atoms with Crippen molar-refractivity contribution in [3.8, 4) is 5.06 Å². The van der Waals surface area contributed by atoms with E-state index in [0.717, 1.165) is 12.8 Å². The van der Waals surface area contributed by atoms with Crippen molar-refractivity contribution in [3.05, 3.63) is 23.3 Å². The van der Waals surface area contributed by atoms with Gasteiger partial charge in [-0.05, 0) is 37.3 Å². The summed E-state index contributed by atoms with van der Waals surface area (Å²) in [5, 5.41) is 7.86. The minimum absolute atomic E-state index is 0.0302. The van der Waals surface area contributed by atoms with E-state index in [1.807, 2.05) is 4.90 Å². The van der Waals surface area contributed by atoms with Crippen LogP contribution in [0.2, 0.25) is 0 Å². The average Bonchev–Trinajstić information content (AvgIpc) is 3.35. The fourth-order valence-corrected chi connectivity index (χ4v) is 4.71. The molecule has 1 unspecified atom stereocenters. The second-order valence-electron chi connectivity index (χ2n) is 6.89. The molecule has 2 aromatic rings. The van der Waals surface area contributed by atoms with Gasteiger partial charge in [-0.1, -0.05) is 11.3 Å². The second-order valence-corrected chi connectivity index (χ2v) is 7.94. The van der Waals surface area contributed by atoms with E-state index in [-0.39, 0.29) is 24.3 Å². The molecule has 0 radical (unpaired) electrons. The molecule has 4 rings (SSSR count). The zero-order chi connectivity index (χ0) is 19.0. The average molecular weight is 397 g/mol. The number of piperidine rings is 1. The van der Waals surface area contributed by atoms with Crippen LogP contribution in [0.4, 0.5) is 14.7 Å². The van der Waals surface area contributed by atoms with Crippen LogP contribution in [0.3, 0.4) is 0 Å². The number of halogens is 2. The number of carbonyl (C=O) groups excluding carboxylic acids is 1. The first-order valence-corrected chi connectivity index (χ1v) is 9.75. The highest BCUT2D eigenvalue weighted by Gasteiger charge is 2.39. The molecule has 10 heteroatoms. The number of hydrogen-bond acceptors (Lipinski definition) is 6. The van der Waals surface area contributed by atoms with Gasteiger partial charge in [0.05, 0.1) is 12.0 Å². The van der Waals surface area contributed by atoms with Crippen molar-refractivity contribution in [2.24, 2.45) is 5.92 Å². The number of rotatable bonds is 4. The standard InChI is InChI=1S/C17H21F2N5O2S/c1-26-14-5-4-13(27-14)16(25)23-6-2-3-10(8-23)11-7-12(15(18)19)24-17(22-11)20-9-21-24/h4-5,9-12,15H,2-3,6-8H2,1H3,(H,20,21,22)/t10?,11-,12+/m0/s1. The number of amides is 1. The highest BCUT2D eigenvalue weighted by molar-refractivity contribution is 7.15. The molecule has 146 valence electrons. The maximum atomic E-state index is 13.5. The maximum absolute atomic E-state index is 13.5. The van der Waals surface area contributed by atoms with Crippen LogP contribution >= 0.6 is 11.3 Å². The van der Waals surface area contributed by atoms with Gasteiger partial charge in [0.1, 0.15) is 12.4 Å². The Kier molecular flexibility index (Phi) is 4.98. The van der Waals surface area contributed by atoms with Gasteiger partial charge in [0.2, 0.25) is 5.95 Å². The third kappa shape index (κ3) is 3.50. The molecule has 2 aromatic heterocycles. The first kappa shape index (κ1) is 18.1. The molecule has 0 aromatic carbocycles. The number of nitrogens with one attached hydrogen (secondary N) is 1. The highest BCUT2D eigenvalue weighted by Crippen LogP contribution is 2.35. The van der Waals surface area contributed by atoms with Crippen LogP contribution in [0.1, 0.15) is 35.0 Å². The number of anilines is 1. The van der Waals surface area contributed by atoms with Crippen molar-refractivity contribution < 1.29 is 18.3 Å². The number of thiophene rings is 1. The molecular formula is C17H21F2N5O2S. The first-order valence-electron chi connectivity index (χ1n) is 8.94. The zero-order valence-electron chi connectivity index (χ0n) is 14.8. The Balaban J connectivity index is 1.47. The predicted octanol–water partition coefficient (Wildman–Crippen LogP) is 2.89. The van der Waals surface area contributed by atoms with E-state index in [4.69, 9.17) is 4.74 Å². The number of nitrogens with zero attached hydrogens (tertiary/aromatic N) is 4. The lowest BCUT2D eigenvalue weighted by Gasteiger charge is -2.40. The Bertz CT molecular complexity index is 811. The number of hydrogen-bond donors (Lipinski definition) is 1. The molecule has 0 aliphatic carbocycles. The van der Waals surface area contributed by atoms with Gasteiger partial charge in [-0.15, -0.1) is 0 Å². The van der Waals surface area contributed by atoms with Crippen molar-refractivity contribution >= 4 is 23.2 Å². The molecular weight excluding hydrogens is 376 g/mol. The van der Waals surface area contributed by atoms with Crippen LogP contribution in [0, 0.1) is 5.92 Å². The minimum Gasteiger partial charge on any atom is -0.487 e. The Morgan fingerprint density at radius 2 is 2.30 bits per heavy atom. The van der Waals surface area contributed by atoms with Gasteiger partial charge in [0, 0.05) is 19.1 Å². The summed E-state index contributed by atoms with van der Waals surface area (Å²) in [6.07, 6.45) is 0.798. The minimum atomic E-state index is -2.50. The molecule has 0 spiro atoms. The summed E-state index contributed by atoms with van der Waals surface area (Å²) in [4.78, 5) is 19.3. The topological polar surface area (TPSA) is 72.3 Å². The lowest BCUT2D eigenvalue weighted by atomic mass is 9.86. The Morgan fingerprint density at radius 3 is 3.04 bits per heavy atom. The fraction of sp³-hybridized carbons (Fsp3) is 0.588. The Hall–Kier alpha value is -2.23. The molecule has 4 heterocycles. The van der Waals surface area contributed by atoms with Gasteiger partial charge in [-0.2, -0.15) is 10.1 Å². The first-order chi connectivity index (χ1) is 13.1. The third-order valence-electron chi connectivity index (χ3n) is 5.30. The summed E-state index contributed by atoms with van der Waals surface area (Å²) in [6, 6.07) is 2.40. The number of alkyl halides is 2. The summed E-state index contributed by atoms with van der Waals surface area (Å²) in [7, 11) is 1.57. The van der Waals surface area contributed by atoms with Crippen molar-refractivity contribution in [2.45, 2.75) is 37.8 Å². The van der Waals surface area contributed by atoms with Crippen molar-refractivity contribution in [1.29, 1.82) is 0 Å². The molecule has 7 nitrogen and oxygen atoms in total. The Labute approximate surface area is 159 Å². The van der Waals surface area contributed by atoms with E-state index in [9.17, 15) is 13.6 Å². The van der Waals surface area contributed by atoms with E-state index in [1.54, 1.807) is 19.2 Å². The molecule has 1 fully saturated rings. The smallest absolute Gasteiger partial charge is 0.264 e. The normalized spacial score (nSPS) is 25.2. The van der Waals surface area contributed by atoms with Crippen LogP contribution < -0.4 is 10.1 Å². The lowest BCUT2D eigenvalue weighted by molar-refractivity contribution is 0.0506. The largest absolute Gasteiger partial charge is 0.487 e. The number of carbonyl (C=O) groups is 1. The van der Waals surface area contributed by atoms with Gasteiger partial charge < -0.3 is 15.0 Å². The second kappa shape index (κ2) is 7.41.